The van der Waals surface area contributed by atoms with Crippen LogP contribution in [0.5, 0.6) is 0 Å². The summed E-state index contributed by atoms with van der Waals surface area (Å²) in [4.78, 5) is 32.3. The quantitative estimate of drug-likeness (QED) is 0.557. The van der Waals surface area contributed by atoms with Crippen molar-refractivity contribution < 1.29 is 4.79 Å². The third-order valence-electron chi connectivity index (χ3n) is 7.51. The number of aromatic nitrogens is 1. The number of thiophene rings is 1. The second-order valence-corrected chi connectivity index (χ2v) is 10.5. The zero-order valence-corrected chi connectivity index (χ0v) is 20.9. The van der Waals surface area contributed by atoms with Gasteiger partial charge in [0.2, 0.25) is 0 Å². The minimum Gasteiger partial charge on any atom is -0.343 e. The van der Waals surface area contributed by atoms with Crippen molar-refractivity contribution in [3.05, 3.63) is 91.0 Å². The van der Waals surface area contributed by atoms with Gasteiger partial charge < -0.3 is 9.47 Å². The molecule has 3 heterocycles. The lowest BCUT2D eigenvalue weighted by Crippen LogP contribution is -2.53. The van der Waals surface area contributed by atoms with E-state index in [4.69, 9.17) is 0 Å². The van der Waals surface area contributed by atoms with Crippen LogP contribution in [0.15, 0.2) is 52.6 Å². The Morgan fingerprint density at radius 2 is 1.82 bits per heavy atom. The summed E-state index contributed by atoms with van der Waals surface area (Å²) in [6, 6.07) is 15.1. The number of aryl methyl sites for hydroxylation is 2. The van der Waals surface area contributed by atoms with Gasteiger partial charge in [-0.2, -0.15) is 0 Å². The van der Waals surface area contributed by atoms with Crippen molar-refractivity contribution in [3.8, 4) is 0 Å². The first-order chi connectivity index (χ1) is 16.5. The molecule has 2 aromatic heterocycles. The van der Waals surface area contributed by atoms with E-state index in [0.29, 0.717) is 37.7 Å². The summed E-state index contributed by atoms with van der Waals surface area (Å²) in [6.45, 7) is 7.80. The molecule has 1 aromatic carbocycles. The van der Waals surface area contributed by atoms with E-state index in [0.717, 1.165) is 37.3 Å². The van der Waals surface area contributed by atoms with E-state index in [-0.39, 0.29) is 11.3 Å². The SMILES string of the molecule is CCc1c(C(=O)N2CCN([C@@H]3CCc4ccccc4C3)CC2)c(=O)cc(C)n1Cc1cccs1. The highest BCUT2D eigenvalue weighted by Gasteiger charge is 2.31. The fraction of sp³-hybridized carbons (Fsp3) is 0.429. The minimum absolute atomic E-state index is 0.101. The van der Waals surface area contributed by atoms with E-state index >= 15 is 0 Å². The summed E-state index contributed by atoms with van der Waals surface area (Å²) >= 11 is 1.70. The smallest absolute Gasteiger partial charge is 0.259 e. The van der Waals surface area contributed by atoms with Crippen molar-refractivity contribution in [2.45, 2.75) is 52.1 Å². The van der Waals surface area contributed by atoms with Crippen molar-refractivity contribution in [1.82, 2.24) is 14.4 Å². The van der Waals surface area contributed by atoms with Crippen molar-refractivity contribution >= 4 is 17.2 Å². The summed E-state index contributed by atoms with van der Waals surface area (Å²) in [5, 5.41) is 2.06. The highest BCUT2D eigenvalue weighted by Crippen LogP contribution is 2.26. The molecule has 0 spiro atoms. The lowest BCUT2D eigenvalue weighted by atomic mass is 9.87. The molecule has 0 unspecified atom stereocenters. The molecule has 0 bridgehead atoms. The zero-order valence-electron chi connectivity index (χ0n) is 20.1. The Kier molecular flexibility index (Phi) is 6.70. The molecule has 3 aromatic rings. The van der Waals surface area contributed by atoms with E-state index in [1.807, 2.05) is 24.8 Å². The largest absolute Gasteiger partial charge is 0.343 e. The number of pyridine rings is 1. The van der Waals surface area contributed by atoms with Gasteiger partial charge >= 0.3 is 0 Å². The molecule has 34 heavy (non-hydrogen) atoms. The van der Waals surface area contributed by atoms with Gasteiger partial charge in [-0.15, -0.1) is 11.3 Å². The molecular formula is C28H33N3O2S. The number of carbonyl (C=O) groups excluding carboxylic acids is 1. The number of carbonyl (C=O) groups is 1. The number of benzene rings is 1. The predicted molar refractivity (Wildman–Crippen MR) is 138 cm³/mol. The summed E-state index contributed by atoms with van der Waals surface area (Å²) in [5.41, 5.74) is 4.94. The molecule has 2 aliphatic rings. The first kappa shape index (κ1) is 23.1. The van der Waals surface area contributed by atoms with E-state index in [1.54, 1.807) is 17.4 Å². The second kappa shape index (κ2) is 9.88. The molecule has 5 rings (SSSR count). The second-order valence-electron chi connectivity index (χ2n) is 9.48. The Morgan fingerprint density at radius 1 is 1.06 bits per heavy atom. The highest BCUT2D eigenvalue weighted by atomic mass is 32.1. The fourth-order valence-electron chi connectivity index (χ4n) is 5.64. The number of nitrogens with zero attached hydrogens (tertiary/aromatic N) is 3. The number of hydrogen-bond acceptors (Lipinski definition) is 4. The van der Waals surface area contributed by atoms with Gasteiger partial charge in [-0.1, -0.05) is 37.3 Å². The topological polar surface area (TPSA) is 45.6 Å². The lowest BCUT2D eigenvalue weighted by Gasteiger charge is -2.41. The first-order valence-corrected chi connectivity index (χ1v) is 13.3. The standard InChI is InChI=1S/C28H33N3O2S/c1-3-25-27(26(32)17-20(2)31(25)19-24-9-6-16-34-24)28(33)30-14-12-29(13-15-30)23-11-10-21-7-4-5-8-22(21)18-23/h4-9,16-17,23H,3,10-15,18-19H2,1-2H3/t23-/m1/s1. The first-order valence-electron chi connectivity index (χ1n) is 12.4. The van der Waals surface area contributed by atoms with E-state index in [1.165, 1.54) is 22.4 Å². The van der Waals surface area contributed by atoms with E-state index in [9.17, 15) is 9.59 Å². The minimum atomic E-state index is -0.145. The van der Waals surface area contributed by atoms with Gasteiger partial charge in [-0.05, 0) is 55.2 Å². The summed E-state index contributed by atoms with van der Waals surface area (Å²) < 4.78 is 2.15. The maximum absolute atomic E-state index is 13.6. The van der Waals surface area contributed by atoms with Crippen LogP contribution in [0.4, 0.5) is 0 Å². The van der Waals surface area contributed by atoms with E-state index in [2.05, 4.69) is 45.2 Å². The Morgan fingerprint density at radius 3 is 2.53 bits per heavy atom. The molecule has 1 fully saturated rings. The maximum atomic E-state index is 13.6. The molecule has 5 nitrogen and oxygen atoms in total. The Bertz CT molecular complexity index is 1220. The highest BCUT2D eigenvalue weighted by molar-refractivity contribution is 7.09. The van der Waals surface area contributed by atoms with E-state index < -0.39 is 0 Å². The Labute approximate surface area is 205 Å². The predicted octanol–water partition coefficient (Wildman–Crippen LogP) is 4.14. The average Bonchev–Trinajstić information content (AvgIpc) is 3.38. The van der Waals surface area contributed by atoms with Crippen molar-refractivity contribution in [2.75, 3.05) is 26.2 Å². The van der Waals surface area contributed by atoms with Gasteiger partial charge in [0.15, 0.2) is 5.43 Å². The zero-order chi connectivity index (χ0) is 23.7. The molecule has 1 aliphatic carbocycles. The van der Waals surface area contributed by atoms with Crippen LogP contribution in [0, 0.1) is 6.92 Å². The van der Waals surface area contributed by atoms with Gasteiger partial charge in [0, 0.05) is 54.6 Å². The average molecular weight is 476 g/mol. The van der Waals surface area contributed by atoms with Crippen LogP contribution in [0.1, 0.15) is 51.1 Å². The van der Waals surface area contributed by atoms with Crippen LogP contribution in [-0.2, 0) is 25.8 Å². The Hall–Kier alpha value is -2.70. The van der Waals surface area contributed by atoms with Gasteiger partial charge in [-0.25, -0.2) is 0 Å². The lowest BCUT2D eigenvalue weighted by molar-refractivity contribution is 0.0550. The van der Waals surface area contributed by atoms with Crippen LogP contribution in [0.3, 0.4) is 0 Å². The summed E-state index contributed by atoms with van der Waals surface area (Å²) in [7, 11) is 0. The van der Waals surface area contributed by atoms with Crippen LogP contribution < -0.4 is 5.43 Å². The molecule has 1 amide bonds. The number of hydrogen-bond donors (Lipinski definition) is 0. The van der Waals surface area contributed by atoms with Gasteiger partial charge in [0.1, 0.15) is 5.56 Å². The summed E-state index contributed by atoms with van der Waals surface area (Å²) in [5.74, 6) is -0.101. The molecule has 0 radical (unpaired) electrons. The third-order valence-corrected chi connectivity index (χ3v) is 8.37. The number of rotatable bonds is 5. The summed E-state index contributed by atoms with van der Waals surface area (Å²) in [6.07, 6.45) is 4.06. The Balaban J connectivity index is 1.31. The van der Waals surface area contributed by atoms with Gasteiger partial charge in [0.25, 0.3) is 5.91 Å². The van der Waals surface area contributed by atoms with Gasteiger partial charge in [-0.3, -0.25) is 14.5 Å². The number of piperazine rings is 1. The van der Waals surface area contributed by atoms with Crippen LogP contribution in [0.2, 0.25) is 0 Å². The molecule has 0 N–H and O–H groups in total. The number of amides is 1. The van der Waals surface area contributed by atoms with Gasteiger partial charge in [0.05, 0.1) is 6.54 Å². The number of fused-ring (bicyclic) bond motifs is 1. The molecule has 178 valence electrons. The molecule has 1 atom stereocenters. The molecule has 1 saturated heterocycles. The monoisotopic (exact) mass is 475 g/mol. The normalized spacial score (nSPS) is 18.6. The molecule has 0 saturated carbocycles. The van der Waals surface area contributed by atoms with Crippen LogP contribution >= 0.6 is 11.3 Å². The van der Waals surface area contributed by atoms with Crippen molar-refractivity contribution in [1.29, 1.82) is 0 Å². The van der Waals surface area contributed by atoms with Crippen molar-refractivity contribution in [2.24, 2.45) is 0 Å². The maximum Gasteiger partial charge on any atom is 0.259 e. The molecule has 6 heteroatoms. The fourth-order valence-corrected chi connectivity index (χ4v) is 6.34. The van der Waals surface area contributed by atoms with Crippen LogP contribution in [-0.4, -0.2) is 52.5 Å². The van der Waals surface area contributed by atoms with Crippen LogP contribution in [0.25, 0.3) is 0 Å². The molecule has 1 aliphatic heterocycles. The third kappa shape index (κ3) is 4.49. The molecular weight excluding hydrogens is 442 g/mol. The van der Waals surface area contributed by atoms with Crippen molar-refractivity contribution in [3.63, 3.8) is 0 Å².